The van der Waals surface area contributed by atoms with Gasteiger partial charge in [0, 0.05) is 12.6 Å². The number of carbonyl (C=O) groups excluding carboxylic acids is 1. The third kappa shape index (κ3) is 1.77. The summed E-state index contributed by atoms with van der Waals surface area (Å²) in [6, 6.07) is 0.380. The number of amides is 1. The van der Waals surface area contributed by atoms with Crippen LogP contribution in [0.4, 0.5) is 0 Å². The molecule has 0 aromatic carbocycles. The van der Waals surface area contributed by atoms with Gasteiger partial charge in [-0.2, -0.15) is 0 Å². The topological polar surface area (TPSA) is 78.9 Å². The first-order chi connectivity index (χ1) is 8.02. The summed E-state index contributed by atoms with van der Waals surface area (Å²) in [4.78, 5) is 14.5. The van der Waals surface area contributed by atoms with Gasteiger partial charge in [0.25, 0.3) is 0 Å². The van der Waals surface area contributed by atoms with E-state index in [1.807, 2.05) is 11.8 Å². The van der Waals surface area contributed by atoms with Crippen LogP contribution in [0, 0.1) is 11.3 Å². The molecule has 5 heteroatoms. The zero-order chi connectivity index (χ0) is 12.6. The zero-order valence-corrected chi connectivity index (χ0v) is 10.5. The van der Waals surface area contributed by atoms with E-state index in [9.17, 15) is 4.79 Å². The van der Waals surface area contributed by atoms with E-state index in [1.165, 1.54) is 6.42 Å². The Morgan fingerprint density at radius 1 is 1.59 bits per heavy atom. The summed E-state index contributed by atoms with van der Waals surface area (Å²) < 4.78 is 0. The first-order valence-corrected chi connectivity index (χ1v) is 6.32. The number of hydrogen-bond acceptors (Lipinski definition) is 3. The summed E-state index contributed by atoms with van der Waals surface area (Å²) in [5.41, 5.74) is 4.82. The Labute approximate surface area is 102 Å². The Morgan fingerprint density at radius 2 is 2.29 bits per heavy atom. The van der Waals surface area contributed by atoms with E-state index < -0.39 is 5.41 Å². The smallest absolute Gasteiger partial charge is 0.236 e. The molecule has 3 unspecified atom stereocenters. The Morgan fingerprint density at radius 3 is 2.71 bits per heavy atom. The van der Waals surface area contributed by atoms with Crippen molar-refractivity contribution in [2.24, 2.45) is 22.2 Å². The maximum atomic E-state index is 12.5. The van der Waals surface area contributed by atoms with E-state index in [1.54, 1.807) is 6.92 Å². The highest BCUT2D eigenvalue weighted by molar-refractivity contribution is 6.06. The molecule has 1 saturated carbocycles. The van der Waals surface area contributed by atoms with Gasteiger partial charge in [0.1, 0.15) is 5.41 Å². The molecule has 1 heterocycles. The Kier molecular flexibility index (Phi) is 3.02. The van der Waals surface area contributed by atoms with E-state index in [-0.39, 0.29) is 11.7 Å². The predicted octanol–water partition coefficient (Wildman–Crippen LogP) is 1.16. The van der Waals surface area contributed by atoms with E-state index >= 15 is 0 Å². The highest BCUT2D eigenvalue weighted by Gasteiger charge is 2.47. The normalized spacial score (nSPS) is 31.6. The Hall–Kier alpha value is -1.26. The van der Waals surface area contributed by atoms with Crippen LogP contribution in [0.5, 0.6) is 0 Å². The maximum absolute atomic E-state index is 12.5. The number of carbonyl (C=O) groups is 1. The van der Waals surface area contributed by atoms with E-state index in [4.69, 9.17) is 10.9 Å². The Balaban J connectivity index is 2.18. The van der Waals surface area contributed by atoms with Crippen molar-refractivity contribution in [3.63, 3.8) is 0 Å². The largest absolute Gasteiger partial charge is 0.409 e. The minimum absolute atomic E-state index is 0.0162. The molecular weight excluding hydrogens is 218 g/mol. The molecule has 2 bridgehead atoms. The van der Waals surface area contributed by atoms with Crippen molar-refractivity contribution in [1.29, 1.82) is 0 Å². The number of amidine groups is 1. The second-order valence-electron chi connectivity index (χ2n) is 5.46. The van der Waals surface area contributed by atoms with Crippen LogP contribution in [0.1, 0.15) is 39.5 Å². The molecule has 3 N–H and O–H groups in total. The lowest BCUT2D eigenvalue weighted by atomic mass is 9.84. The fourth-order valence-electron chi connectivity index (χ4n) is 3.04. The molecule has 17 heavy (non-hydrogen) atoms. The molecular formula is C12H21N3O2. The van der Waals surface area contributed by atoms with Crippen molar-refractivity contribution < 1.29 is 10.0 Å². The molecule has 2 rings (SSSR count). The van der Waals surface area contributed by atoms with Gasteiger partial charge in [-0.1, -0.05) is 12.1 Å². The van der Waals surface area contributed by atoms with Gasteiger partial charge in [-0.3, -0.25) is 4.79 Å². The number of piperidine rings is 1. The molecule has 1 saturated heterocycles. The van der Waals surface area contributed by atoms with Gasteiger partial charge in [-0.15, -0.1) is 0 Å². The van der Waals surface area contributed by atoms with Crippen LogP contribution in [0.3, 0.4) is 0 Å². The summed E-state index contributed by atoms with van der Waals surface area (Å²) in [5, 5.41) is 11.9. The first kappa shape index (κ1) is 12.2. The third-order valence-corrected chi connectivity index (χ3v) is 4.52. The fourth-order valence-corrected chi connectivity index (χ4v) is 3.04. The average molecular weight is 239 g/mol. The van der Waals surface area contributed by atoms with Gasteiger partial charge in [-0.25, -0.2) is 0 Å². The second kappa shape index (κ2) is 4.20. The highest BCUT2D eigenvalue weighted by Crippen LogP contribution is 2.40. The van der Waals surface area contributed by atoms with Crippen molar-refractivity contribution in [2.75, 3.05) is 6.54 Å². The third-order valence-electron chi connectivity index (χ3n) is 4.52. The molecule has 3 atom stereocenters. The first-order valence-electron chi connectivity index (χ1n) is 6.32. The lowest BCUT2D eigenvalue weighted by molar-refractivity contribution is -0.139. The summed E-state index contributed by atoms with van der Waals surface area (Å²) >= 11 is 0. The number of fused-ring (bicyclic) bond motifs is 2. The second-order valence-corrected chi connectivity index (χ2v) is 5.46. The van der Waals surface area contributed by atoms with Crippen molar-refractivity contribution in [3.8, 4) is 0 Å². The number of nitrogens with two attached hydrogens (primary N) is 1. The summed E-state index contributed by atoms with van der Waals surface area (Å²) in [5.74, 6) is 0.701. The highest BCUT2D eigenvalue weighted by atomic mass is 16.4. The van der Waals surface area contributed by atoms with Gasteiger partial charge < -0.3 is 15.8 Å². The predicted molar refractivity (Wildman–Crippen MR) is 64.6 cm³/mol. The van der Waals surface area contributed by atoms with Gasteiger partial charge in [0.2, 0.25) is 5.91 Å². The quantitative estimate of drug-likeness (QED) is 0.336. The van der Waals surface area contributed by atoms with Crippen LogP contribution in [0.15, 0.2) is 5.16 Å². The van der Waals surface area contributed by atoms with Gasteiger partial charge in [-0.05, 0) is 38.5 Å². The van der Waals surface area contributed by atoms with E-state index in [0.717, 1.165) is 19.4 Å². The zero-order valence-electron chi connectivity index (χ0n) is 10.5. The van der Waals surface area contributed by atoms with Crippen molar-refractivity contribution in [3.05, 3.63) is 0 Å². The van der Waals surface area contributed by atoms with Crippen LogP contribution in [-0.4, -0.2) is 34.4 Å². The molecule has 1 aliphatic heterocycles. The summed E-state index contributed by atoms with van der Waals surface area (Å²) in [6.07, 6.45) is 4.02. The molecule has 2 fully saturated rings. The van der Waals surface area contributed by atoms with Crippen molar-refractivity contribution >= 4 is 11.7 Å². The fraction of sp³-hybridized carbons (Fsp3) is 0.833. The Bertz CT molecular complexity index is 356. The minimum atomic E-state index is -0.862. The number of nitrogens with zero attached hydrogens (tertiary/aromatic N) is 2. The molecule has 2 aliphatic rings. The standard InChI is InChI=1S/C12H21N3O2/c1-3-12(2,10(13)14-17)11(16)15-7-8-4-5-9(15)6-8/h8-9,17H,3-7H2,1-2H3,(H2,13,14). The molecule has 0 aromatic heterocycles. The van der Waals surface area contributed by atoms with Crippen LogP contribution in [0.25, 0.3) is 0 Å². The van der Waals surface area contributed by atoms with Crippen LogP contribution < -0.4 is 5.73 Å². The minimum Gasteiger partial charge on any atom is -0.409 e. The molecule has 96 valence electrons. The lowest BCUT2D eigenvalue weighted by Crippen LogP contribution is -2.51. The molecule has 0 spiro atoms. The number of oxime groups is 1. The average Bonchev–Trinajstić information content (AvgIpc) is 2.97. The molecule has 1 amide bonds. The van der Waals surface area contributed by atoms with Crippen molar-refractivity contribution in [1.82, 2.24) is 4.90 Å². The molecule has 5 nitrogen and oxygen atoms in total. The van der Waals surface area contributed by atoms with E-state index in [0.29, 0.717) is 18.4 Å². The molecule has 0 aromatic rings. The number of rotatable bonds is 3. The van der Waals surface area contributed by atoms with Gasteiger partial charge in [0.15, 0.2) is 5.84 Å². The molecule has 1 aliphatic carbocycles. The van der Waals surface area contributed by atoms with Crippen LogP contribution in [0.2, 0.25) is 0 Å². The number of likely N-dealkylation sites (tertiary alicyclic amines) is 1. The van der Waals surface area contributed by atoms with Crippen LogP contribution in [-0.2, 0) is 4.79 Å². The lowest BCUT2D eigenvalue weighted by Gasteiger charge is -2.35. The SMILES string of the molecule is CCC(C)(C(=O)N1CC2CCC1C2)C(N)=NO. The van der Waals surface area contributed by atoms with Gasteiger partial charge in [0.05, 0.1) is 0 Å². The number of hydrogen-bond donors (Lipinski definition) is 2. The maximum Gasteiger partial charge on any atom is 0.236 e. The monoisotopic (exact) mass is 239 g/mol. The molecule has 0 radical (unpaired) electrons. The van der Waals surface area contributed by atoms with E-state index in [2.05, 4.69) is 5.16 Å². The summed E-state index contributed by atoms with van der Waals surface area (Å²) in [6.45, 7) is 4.50. The van der Waals surface area contributed by atoms with Gasteiger partial charge >= 0.3 is 0 Å². The van der Waals surface area contributed by atoms with Crippen molar-refractivity contribution in [2.45, 2.75) is 45.6 Å². The van der Waals surface area contributed by atoms with Crippen LogP contribution >= 0.6 is 0 Å². The summed E-state index contributed by atoms with van der Waals surface area (Å²) in [7, 11) is 0.